The second-order valence-corrected chi connectivity index (χ2v) is 6.81. The maximum absolute atomic E-state index is 12.4. The molecule has 2 aromatic rings. The van der Waals surface area contributed by atoms with Gasteiger partial charge in [0.05, 0.1) is 10.7 Å². The number of carbonyl (C=O) groups is 2. The highest BCUT2D eigenvalue weighted by molar-refractivity contribution is 6.33. The normalized spacial score (nSPS) is 14.4. The smallest absolute Gasteiger partial charge is 0.246 e. The van der Waals surface area contributed by atoms with Gasteiger partial charge in [-0.15, -0.1) is 0 Å². The average molecular weight is 384 g/mol. The topological polar surface area (TPSA) is 52.7 Å². The molecule has 0 saturated carbocycles. The zero-order valence-electron chi connectivity index (χ0n) is 15.2. The Morgan fingerprint density at radius 2 is 1.74 bits per heavy atom. The van der Waals surface area contributed by atoms with Gasteiger partial charge in [0.1, 0.15) is 0 Å². The number of anilines is 2. The molecule has 1 heterocycles. The van der Waals surface area contributed by atoms with Crippen LogP contribution in [0.4, 0.5) is 11.4 Å². The van der Waals surface area contributed by atoms with Crippen LogP contribution in [0.5, 0.6) is 0 Å². The molecular formula is C21H22ClN3O2. The van der Waals surface area contributed by atoms with E-state index in [-0.39, 0.29) is 11.8 Å². The van der Waals surface area contributed by atoms with Crippen molar-refractivity contribution in [1.29, 1.82) is 0 Å². The van der Waals surface area contributed by atoms with E-state index in [9.17, 15) is 9.59 Å². The SMILES string of the molecule is CC(=O)Nc1ccc(N2CCN(C(=O)/C=C\c3ccccc3)CC2)c(Cl)c1. The first-order valence-electron chi connectivity index (χ1n) is 8.87. The first-order valence-corrected chi connectivity index (χ1v) is 9.25. The minimum absolute atomic E-state index is 0.0191. The Labute approximate surface area is 164 Å². The molecule has 0 radical (unpaired) electrons. The molecule has 0 atom stereocenters. The second-order valence-electron chi connectivity index (χ2n) is 6.40. The summed E-state index contributed by atoms with van der Waals surface area (Å²) in [7, 11) is 0. The van der Waals surface area contributed by atoms with Gasteiger partial charge in [-0.3, -0.25) is 9.59 Å². The molecule has 1 aliphatic heterocycles. The number of piperazine rings is 1. The summed E-state index contributed by atoms with van der Waals surface area (Å²) in [6.45, 7) is 4.17. The summed E-state index contributed by atoms with van der Waals surface area (Å²) in [6.07, 6.45) is 3.46. The summed E-state index contributed by atoms with van der Waals surface area (Å²) in [5, 5.41) is 3.31. The van der Waals surface area contributed by atoms with E-state index < -0.39 is 0 Å². The lowest BCUT2D eigenvalue weighted by atomic mass is 10.2. The molecule has 2 aromatic carbocycles. The highest BCUT2D eigenvalue weighted by atomic mass is 35.5. The van der Waals surface area contributed by atoms with Crippen LogP contribution in [0.2, 0.25) is 5.02 Å². The van der Waals surface area contributed by atoms with Gasteiger partial charge in [0.25, 0.3) is 0 Å². The van der Waals surface area contributed by atoms with Crippen molar-refractivity contribution in [3.63, 3.8) is 0 Å². The molecule has 1 N–H and O–H groups in total. The lowest BCUT2D eigenvalue weighted by molar-refractivity contribution is -0.126. The fraction of sp³-hybridized carbons (Fsp3) is 0.238. The third-order valence-electron chi connectivity index (χ3n) is 4.42. The summed E-state index contributed by atoms with van der Waals surface area (Å²) < 4.78 is 0. The molecule has 3 rings (SSSR count). The van der Waals surface area contributed by atoms with Gasteiger partial charge >= 0.3 is 0 Å². The third-order valence-corrected chi connectivity index (χ3v) is 4.72. The molecule has 27 heavy (non-hydrogen) atoms. The van der Waals surface area contributed by atoms with Crippen LogP contribution in [0.15, 0.2) is 54.6 Å². The van der Waals surface area contributed by atoms with Gasteiger partial charge in [0.15, 0.2) is 0 Å². The Bertz CT molecular complexity index is 844. The highest BCUT2D eigenvalue weighted by Gasteiger charge is 2.21. The fourth-order valence-corrected chi connectivity index (χ4v) is 3.35. The molecular weight excluding hydrogens is 362 g/mol. The van der Waals surface area contributed by atoms with Crippen LogP contribution in [0.25, 0.3) is 6.08 Å². The van der Waals surface area contributed by atoms with Crippen molar-refractivity contribution < 1.29 is 9.59 Å². The van der Waals surface area contributed by atoms with Crippen molar-refractivity contribution in [3.05, 3.63) is 65.2 Å². The molecule has 0 aliphatic carbocycles. The number of rotatable bonds is 4. The van der Waals surface area contributed by atoms with Crippen LogP contribution in [-0.2, 0) is 9.59 Å². The highest BCUT2D eigenvalue weighted by Crippen LogP contribution is 2.29. The number of nitrogens with one attached hydrogen (secondary N) is 1. The van der Waals surface area contributed by atoms with E-state index in [0.717, 1.165) is 11.3 Å². The molecule has 5 nitrogen and oxygen atoms in total. The van der Waals surface area contributed by atoms with Crippen LogP contribution >= 0.6 is 11.6 Å². The number of hydrogen-bond acceptors (Lipinski definition) is 3. The molecule has 6 heteroatoms. The second kappa shape index (κ2) is 8.73. The summed E-state index contributed by atoms with van der Waals surface area (Å²) in [5.41, 5.74) is 2.60. The molecule has 140 valence electrons. The van der Waals surface area contributed by atoms with Crippen LogP contribution in [0, 0.1) is 0 Å². The van der Waals surface area contributed by atoms with Gasteiger partial charge in [0.2, 0.25) is 11.8 Å². The van der Waals surface area contributed by atoms with E-state index in [1.54, 1.807) is 12.1 Å². The molecule has 0 unspecified atom stereocenters. The van der Waals surface area contributed by atoms with Gasteiger partial charge in [-0.05, 0) is 29.8 Å². The maximum Gasteiger partial charge on any atom is 0.246 e. The number of carbonyl (C=O) groups excluding carboxylic acids is 2. The van der Waals surface area contributed by atoms with Gasteiger partial charge in [-0.1, -0.05) is 41.9 Å². The first-order chi connectivity index (χ1) is 13.0. The van der Waals surface area contributed by atoms with Crippen molar-refractivity contribution in [1.82, 2.24) is 4.90 Å². The summed E-state index contributed by atoms with van der Waals surface area (Å²) in [6, 6.07) is 15.3. The van der Waals surface area contributed by atoms with Crippen LogP contribution in [0.1, 0.15) is 12.5 Å². The van der Waals surface area contributed by atoms with Crippen molar-refractivity contribution in [2.75, 3.05) is 36.4 Å². The average Bonchev–Trinajstić information content (AvgIpc) is 2.67. The van der Waals surface area contributed by atoms with Gasteiger partial charge in [0, 0.05) is 44.9 Å². The predicted molar refractivity (Wildman–Crippen MR) is 110 cm³/mol. The lowest BCUT2D eigenvalue weighted by Gasteiger charge is -2.36. The predicted octanol–water partition coefficient (Wildman–Crippen LogP) is 3.66. The standard InChI is InChI=1S/C21H22ClN3O2/c1-16(26)23-18-8-9-20(19(22)15-18)24-11-13-25(14-12-24)21(27)10-7-17-5-3-2-4-6-17/h2-10,15H,11-14H2,1H3,(H,23,26)/b10-7-. The van der Waals surface area contributed by atoms with Crippen LogP contribution in [0.3, 0.4) is 0 Å². The molecule has 2 amide bonds. The Morgan fingerprint density at radius 3 is 2.37 bits per heavy atom. The molecule has 1 fully saturated rings. The lowest BCUT2D eigenvalue weighted by Crippen LogP contribution is -2.48. The van der Waals surface area contributed by atoms with Crippen molar-refractivity contribution >= 4 is 40.9 Å². The van der Waals surface area contributed by atoms with E-state index in [4.69, 9.17) is 11.6 Å². The molecule has 1 aliphatic rings. The minimum Gasteiger partial charge on any atom is -0.367 e. The van der Waals surface area contributed by atoms with E-state index >= 15 is 0 Å². The van der Waals surface area contributed by atoms with E-state index in [0.29, 0.717) is 36.9 Å². The van der Waals surface area contributed by atoms with Gasteiger partial charge < -0.3 is 15.1 Å². The Hall–Kier alpha value is -2.79. The molecule has 0 spiro atoms. The Kier molecular flexibility index (Phi) is 6.14. The van der Waals surface area contributed by atoms with E-state index in [2.05, 4.69) is 10.2 Å². The van der Waals surface area contributed by atoms with Crippen molar-refractivity contribution in [3.8, 4) is 0 Å². The number of hydrogen-bond donors (Lipinski definition) is 1. The monoisotopic (exact) mass is 383 g/mol. The largest absolute Gasteiger partial charge is 0.367 e. The zero-order valence-corrected chi connectivity index (χ0v) is 15.9. The molecule has 0 aromatic heterocycles. The quantitative estimate of drug-likeness (QED) is 0.820. The fourth-order valence-electron chi connectivity index (χ4n) is 3.05. The van der Waals surface area contributed by atoms with Crippen molar-refractivity contribution in [2.24, 2.45) is 0 Å². The number of benzene rings is 2. The van der Waals surface area contributed by atoms with Crippen LogP contribution in [-0.4, -0.2) is 42.9 Å². The summed E-state index contributed by atoms with van der Waals surface area (Å²) in [5.74, 6) is -0.111. The Morgan fingerprint density at radius 1 is 1.04 bits per heavy atom. The molecule has 1 saturated heterocycles. The van der Waals surface area contributed by atoms with Gasteiger partial charge in [-0.25, -0.2) is 0 Å². The zero-order chi connectivity index (χ0) is 19.2. The number of nitrogens with zero attached hydrogens (tertiary/aromatic N) is 2. The minimum atomic E-state index is -0.130. The third kappa shape index (κ3) is 5.11. The van der Waals surface area contributed by atoms with E-state index in [1.165, 1.54) is 6.92 Å². The molecule has 0 bridgehead atoms. The number of halogens is 1. The van der Waals surface area contributed by atoms with Gasteiger partial charge in [-0.2, -0.15) is 0 Å². The maximum atomic E-state index is 12.4. The number of amides is 2. The van der Waals surface area contributed by atoms with Crippen LogP contribution < -0.4 is 10.2 Å². The summed E-state index contributed by atoms with van der Waals surface area (Å²) in [4.78, 5) is 27.5. The first kappa shape index (κ1) is 19.0. The Balaban J connectivity index is 1.58. The summed E-state index contributed by atoms with van der Waals surface area (Å²) >= 11 is 6.38. The van der Waals surface area contributed by atoms with E-state index in [1.807, 2.05) is 53.4 Å². The van der Waals surface area contributed by atoms with Crippen molar-refractivity contribution in [2.45, 2.75) is 6.92 Å².